The van der Waals surface area contributed by atoms with E-state index in [1.807, 2.05) is 0 Å². The van der Waals surface area contributed by atoms with Crippen molar-refractivity contribution in [2.75, 3.05) is 0 Å². The Morgan fingerprint density at radius 3 is 2.86 bits per heavy atom. The van der Waals surface area contributed by atoms with Gasteiger partial charge in [0.2, 0.25) is 5.88 Å². The first-order chi connectivity index (χ1) is 6.68. The van der Waals surface area contributed by atoms with Gasteiger partial charge in [-0.05, 0) is 19.1 Å². The first-order valence-electron chi connectivity index (χ1n) is 4.12. The fourth-order valence-electron chi connectivity index (χ4n) is 1.13. The zero-order valence-corrected chi connectivity index (χ0v) is 7.53. The van der Waals surface area contributed by atoms with Gasteiger partial charge in [0.1, 0.15) is 0 Å². The first-order valence-corrected chi connectivity index (χ1v) is 4.12. The zero-order chi connectivity index (χ0) is 10.1. The molecule has 2 aromatic heterocycles. The Labute approximate surface area is 79.5 Å². The molecule has 0 atom stereocenters. The Bertz CT molecular complexity index is 499. The molecule has 2 rings (SSSR count). The molecule has 0 aromatic carbocycles. The average molecular weight is 191 g/mol. The molecule has 0 saturated carbocycles. The topological polar surface area (TPSA) is 81.8 Å². The number of rotatable bonds is 1. The highest BCUT2D eigenvalue weighted by Gasteiger charge is 2.07. The van der Waals surface area contributed by atoms with Crippen molar-refractivity contribution in [2.24, 2.45) is 0 Å². The van der Waals surface area contributed by atoms with Gasteiger partial charge in [-0.1, -0.05) is 0 Å². The van der Waals surface area contributed by atoms with Gasteiger partial charge in [-0.2, -0.15) is 4.98 Å². The van der Waals surface area contributed by atoms with E-state index < -0.39 is 0 Å². The molecule has 0 aliphatic rings. The molecule has 0 saturated heterocycles. The fourth-order valence-corrected chi connectivity index (χ4v) is 1.13. The third-order valence-corrected chi connectivity index (χ3v) is 1.98. The highest BCUT2D eigenvalue weighted by atomic mass is 16.3. The van der Waals surface area contributed by atoms with Crippen LogP contribution in [0, 0.1) is 6.92 Å². The van der Waals surface area contributed by atoms with E-state index in [9.17, 15) is 9.90 Å². The van der Waals surface area contributed by atoms with E-state index in [1.165, 1.54) is 6.92 Å². The number of aromatic hydroxyl groups is 1. The monoisotopic (exact) mass is 191 g/mol. The number of hydrogen-bond acceptors (Lipinski definition) is 3. The van der Waals surface area contributed by atoms with E-state index >= 15 is 0 Å². The van der Waals surface area contributed by atoms with Crippen molar-refractivity contribution in [3.63, 3.8) is 0 Å². The Kier molecular flexibility index (Phi) is 1.85. The predicted molar refractivity (Wildman–Crippen MR) is 51.0 cm³/mol. The lowest BCUT2D eigenvalue weighted by Gasteiger charge is -2.00. The maximum atomic E-state index is 11.3. The molecule has 0 aliphatic carbocycles. The smallest absolute Gasteiger partial charge is 0.257 e. The van der Waals surface area contributed by atoms with Crippen molar-refractivity contribution in [3.8, 4) is 17.4 Å². The number of nitrogens with one attached hydrogen (secondary N) is 2. The third-order valence-electron chi connectivity index (χ3n) is 1.98. The number of hydrogen-bond donors (Lipinski definition) is 3. The summed E-state index contributed by atoms with van der Waals surface area (Å²) in [5, 5.41) is 9.33. The third kappa shape index (κ3) is 1.28. The normalized spacial score (nSPS) is 10.4. The minimum atomic E-state index is -0.331. The zero-order valence-electron chi connectivity index (χ0n) is 7.53. The van der Waals surface area contributed by atoms with E-state index in [1.54, 1.807) is 18.3 Å². The minimum absolute atomic E-state index is 0.223. The summed E-state index contributed by atoms with van der Waals surface area (Å²) in [4.78, 5) is 20.6. The summed E-state index contributed by atoms with van der Waals surface area (Å²) < 4.78 is 0. The molecule has 0 amide bonds. The average Bonchev–Trinajstić information content (AvgIpc) is 2.66. The van der Waals surface area contributed by atoms with Crippen molar-refractivity contribution in [2.45, 2.75) is 6.92 Å². The van der Waals surface area contributed by atoms with Gasteiger partial charge in [0.25, 0.3) is 5.56 Å². The lowest BCUT2D eigenvalue weighted by molar-refractivity contribution is 0.447. The second-order valence-corrected chi connectivity index (χ2v) is 2.95. The fraction of sp³-hybridized carbons (Fsp3) is 0.111. The summed E-state index contributed by atoms with van der Waals surface area (Å²) in [7, 11) is 0. The Hall–Kier alpha value is -2.04. The molecule has 0 spiro atoms. The second-order valence-electron chi connectivity index (χ2n) is 2.95. The molecule has 0 aliphatic heterocycles. The van der Waals surface area contributed by atoms with Crippen LogP contribution in [0.4, 0.5) is 0 Å². The van der Waals surface area contributed by atoms with E-state index in [-0.39, 0.29) is 17.0 Å². The van der Waals surface area contributed by atoms with Gasteiger partial charge in [0.05, 0.1) is 11.3 Å². The molecule has 0 unspecified atom stereocenters. The number of aromatic amines is 2. The van der Waals surface area contributed by atoms with Crippen LogP contribution in [0.3, 0.4) is 0 Å². The summed E-state index contributed by atoms with van der Waals surface area (Å²) in [5.41, 5.74) is 0.555. The summed E-state index contributed by atoms with van der Waals surface area (Å²) in [6.07, 6.45) is 1.71. The van der Waals surface area contributed by atoms with Crippen molar-refractivity contribution in [1.29, 1.82) is 0 Å². The van der Waals surface area contributed by atoms with Crippen molar-refractivity contribution >= 4 is 0 Å². The molecule has 0 fully saturated rings. The maximum Gasteiger partial charge on any atom is 0.257 e. The van der Waals surface area contributed by atoms with Gasteiger partial charge in [-0.15, -0.1) is 0 Å². The molecule has 5 nitrogen and oxygen atoms in total. The minimum Gasteiger partial charge on any atom is -0.493 e. The van der Waals surface area contributed by atoms with E-state index in [4.69, 9.17) is 0 Å². The van der Waals surface area contributed by atoms with Gasteiger partial charge >= 0.3 is 0 Å². The highest BCUT2D eigenvalue weighted by molar-refractivity contribution is 5.49. The van der Waals surface area contributed by atoms with Crippen molar-refractivity contribution < 1.29 is 5.11 Å². The quantitative estimate of drug-likeness (QED) is 0.623. The van der Waals surface area contributed by atoms with Crippen LogP contribution in [0.2, 0.25) is 0 Å². The van der Waals surface area contributed by atoms with Crippen LogP contribution in [0.5, 0.6) is 5.88 Å². The molecule has 5 heteroatoms. The largest absolute Gasteiger partial charge is 0.493 e. The summed E-state index contributed by atoms with van der Waals surface area (Å²) in [6, 6.07) is 3.54. The van der Waals surface area contributed by atoms with Crippen molar-refractivity contribution in [3.05, 3.63) is 34.2 Å². The Balaban J connectivity index is 2.63. The standard InChI is InChI=1S/C9H9N3O2/c1-5-8(13)11-7(12-9(5)14)6-3-2-4-10-6/h2-4,10H,1H3,(H2,11,12,13,14). The summed E-state index contributed by atoms with van der Waals surface area (Å²) in [6.45, 7) is 1.51. The van der Waals surface area contributed by atoms with Crippen LogP contribution >= 0.6 is 0 Å². The number of nitrogens with zero attached hydrogens (tertiary/aromatic N) is 1. The Morgan fingerprint density at radius 1 is 1.50 bits per heavy atom. The molecule has 14 heavy (non-hydrogen) atoms. The predicted octanol–water partition coefficient (Wildman–Crippen LogP) is 0.779. The molecular formula is C9H9N3O2. The molecule has 3 N–H and O–H groups in total. The number of H-pyrrole nitrogens is 2. The summed E-state index contributed by atoms with van der Waals surface area (Å²) >= 11 is 0. The molecule has 0 radical (unpaired) electrons. The maximum absolute atomic E-state index is 11.3. The van der Waals surface area contributed by atoms with Gasteiger partial charge in [0, 0.05) is 6.20 Å². The second kappa shape index (κ2) is 3.02. The Morgan fingerprint density at radius 2 is 2.29 bits per heavy atom. The van der Waals surface area contributed by atoms with Crippen LogP contribution < -0.4 is 5.56 Å². The molecular weight excluding hydrogens is 182 g/mol. The van der Waals surface area contributed by atoms with E-state index in [2.05, 4.69) is 15.0 Å². The summed E-state index contributed by atoms with van der Waals surface area (Å²) in [5.74, 6) is 0.0986. The lowest BCUT2D eigenvalue weighted by atomic mass is 10.3. The van der Waals surface area contributed by atoms with Gasteiger partial charge < -0.3 is 15.1 Å². The molecule has 0 bridgehead atoms. The van der Waals surface area contributed by atoms with Crippen LogP contribution in [0.25, 0.3) is 11.5 Å². The van der Waals surface area contributed by atoms with E-state index in [0.29, 0.717) is 11.5 Å². The van der Waals surface area contributed by atoms with Crippen LogP contribution in [-0.4, -0.2) is 20.1 Å². The SMILES string of the molecule is Cc1c(O)nc(-c2ccc[nH]2)[nH]c1=O. The van der Waals surface area contributed by atoms with Crippen LogP contribution in [0.15, 0.2) is 23.1 Å². The van der Waals surface area contributed by atoms with E-state index in [0.717, 1.165) is 0 Å². The molecule has 2 heterocycles. The first kappa shape index (κ1) is 8.55. The van der Waals surface area contributed by atoms with Gasteiger partial charge in [0.15, 0.2) is 5.82 Å². The number of aromatic nitrogens is 3. The van der Waals surface area contributed by atoms with Crippen molar-refractivity contribution in [1.82, 2.24) is 15.0 Å². The molecule has 72 valence electrons. The van der Waals surface area contributed by atoms with Crippen LogP contribution in [-0.2, 0) is 0 Å². The lowest BCUT2D eigenvalue weighted by Crippen LogP contribution is -2.12. The van der Waals surface area contributed by atoms with Gasteiger partial charge in [-0.3, -0.25) is 4.79 Å². The highest BCUT2D eigenvalue weighted by Crippen LogP contribution is 2.14. The van der Waals surface area contributed by atoms with Crippen LogP contribution in [0.1, 0.15) is 5.56 Å². The molecule has 2 aromatic rings. The van der Waals surface area contributed by atoms with Gasteiger partial charge in [-0.25, -0.2) is 0 Å².